The second kappa shape index (κ2) is 17.3. The van der Waals surface area contributed by atoms with Gasteiger partial charge in [0, 0.05) is 56.7 Å². The molecule has 60 heavy (non-hydrogen) atoms. The molecular weight excluding hydrogens is 755 g/mol. The predicted octanol–water partition coefficient (Wildman–Crippen LogP) is 15.3. The van der Waals surface area contributed by atoms with Gasteiger partial charge in [-0.25, -0.2) is 0 Å². The van der Waals surface area contributed by atoms with Crippen molar-refractivity contribution >= 4 is 45.9 Å². The topological polar surface area (TPSA) is 59.0 Å². The van der Waals surface area contributed by atoms with Crippen LogP contribution in [0.2, 0.25) is 0 Å². The van der Waals surface area contributed by atoms with Crippen LogP contribution in [0.1, 0.15) is 111 Å². The second-order valence-corrected chi connectivity index (χ2v) is 21.1. The smallest absolute Gasteiger partial charge is 0.123 e. The molecule has 0 unspecified atom stereocenters. The first-order valence-electron chi connectivity index (χ1n) is 21.1. The monoisotopic (exact) mass is 819 g/mol. The zero-order valence-corrected chi connectivity index (χ0v) is 38.6. The lowest BCUT2D eigenvalue weighted by Crippen LogP contribution is -2.21. The third-order valence-corrected chi connectivity index (χ3v) is 11.9. The Kier molecular flexibility index (Phi) is 12.8. The van der Waals surface area contributed by atoms with Crippen molar-refractivity contribution in [2.45, 2.75) is 116 Å². The fraction of sp³-hybridized carbons (Fsp3) is 0.333. The summed E-state index contributed by atoms with van der Waals surface area (Å²) in [4.78, 5) is 5.82. The molecule has 314 valence electrons. The SMILES string of the molecule is CC(C)(C)c1cc(CN(c2ccccc2)c2ccc(Nc3ccc(N(CSc4cc(C(C)(C)C)c(O)c(C(C)(C)C)c4)c4ccccc4)cc3)cc2)cc(C(C)(C)C)c1O. The van der Waals surface area contributed by atoms with Gasteiger partial charge in [0.1, 0.15) is 11.5 Å². The van der Waals surface area contributed by atoms with E-state index >= 15 is 0 Å². The maximum Gasteiger partial charge on any atom is 0.123 e. The zero-order chi connectivity index (χ0) is 43.6. The molecule has 0 saturated heterocycles. The molecule has 0 saturated carbocycles. The molecule has 0 aliphatic heterocycles. The molecule has 0 aliphatic carbocycles. The number of aromatic hydroxyl groups is 2. The Morgan fingerprint density at radius 1 is 0.433 bits per heavy atom. The Labute approximate surface area is 364 Å². The molecule has 0 amide bonds. The van der Waals surface area contributed by atoms with Gasteiger partial charge in [-0.3, -0.25) is 0 Å². The van der Waals surface area contributed by atoms with Gasteiger partial charge in [0.05, 0.1) is 5.88 Å². The lowest BCUT2D eigenvalue weighted by molar-refractivity contribution is 0.421. The maximum absolute atomic E-state index is 11.4. The van der Waals surface area contributed by atoms with Crippen molar-refractivity contribution in [3.8, 4) is 11.5 Å². The van der Waals surface area contributed by atoms with E-state index in [0.29, 0.717) is 23.9 Å². The number of nitrogens with zero attached hydrogens (tertiary/aromatic N) is 2. The van der Waals surface area contributed by atoms with Crippen molar-refractivity contribution in [2.75, 3.05) is 21.0 Å². The van der Waals surface area contributed by atoms with Gasteiger partial charge in [0.15, 0.2) is 0 Å². The number of phenolic OH excluding ortho intramolecular Hbond substituents is 2. The van der Waals surface area contributed by atoms with Crippen LogP contribution in [0.15, 0.2) is 138 Å². The number of nitrogens with one attached hydrogen (secondary N) is 1. The Hall–Kier alpha value is -5.33. The number of hydrogen-bond donors (Lipinski definition) is 3. The van der Waals surface area contributed by atoms with Crippen LogP contribution in [0.3, 0.4) is 0 Å². The van der Waals surface area contributed by atoms with E-state index in [9.17, 15) is 10.2 Å². The summed E-state index contributed by atoms with van der Waals surface area (Å²) in [7, 11) is 0. The van der Waals surface area contributed by atoms with Gasteiger partial charge in [-0.1, -0.05) is 119 Å². The molecule has 0 fully saturated rings. The summed E-state index contributed by atoms with van der Waals surface area (Å²) in [6, 6.07) is 47.0. The van der Waals surface area contributed by atoms with Crippen molar-refractivity contribution in [2.24, 2.45) is 0 Å². The highest BCUT2D eigenvalue weighted by atomic mass is 32.2. The minimum absolute atomic E-state index is 0.190. The van der Waals surface area contributed by atoms with Gasteiger partial charge < -0.3 is 25.3 Å². The number of hydrogen-bond acceptors (Lipinski definition) is 6. The van der Waals surface area contributed by atoms with Crippen LogP contribution in [0.5, 0.6) is 11.5 Å². The van der Waals surface area contributed by atoms with E-state index in [1.807, 2.05) is 0 Å². The minimum atomic E-state index is -0.206. The fourth-order valence-electron chi connectivity index (χ4n) is 7.55. The number of anilines is 6. The number of phenols is 2. The summed E-state index contributed by atoms with van der Waals surface area (Å²) in [5, 5.41) is 26.4. The van der Waals surface area contributed by atoms with Crippen LogP contribution in [-0.2, 0) is 28.2 Å². The highest BCUT2D eigenvalue weighted by Gasteiger charge is 2.29. The maximum atomic E-state index is 11.4. The van der Waals surface area contributed by atoms with Crippen LogP contribution in [0.25, 0.3) is 0 Å². The Bertz CT molecular complexity index is 2290. The Balaban J connectivity index is 1.24. The molecule has 0 radical (unpaired) electrons. The largest absolute Gasteiger partial charge is 0.507 e. The third-order valence-electron chi connectivity index (χ3n) is 11.0. The van der Waals surface area contributed by atoms with Crippen molar-refractivity contribution < 1.29 is 10.2 Å². The molecule has 6 aromatic rings. The van der Waals surface area contributed by atoms with Crippen LogP contribution >= 0.6 is 11.8 Å². The zero-order valence-electron chi connectivity index (χ0n) is 37.8. The summed E-state index contributed by atoms with van der Waals surface area (Å²) < 4.78 is 0. The van der Waals surface area contributed by atoms with E-state index in [1.165, 1.54) is 0 Å². The molecule has 6 aromatic carbocycles. The molecule has 0 bridgehead atoms. The highest BCUT2D eigenvalue weighted by Crippen LogP contribution is 2.44. The fourth-order valence-corrected chi connectivity index (χ4v) is 8.53. The van der Waals surface area contributed by atoms with Crippen molar-refractivity contribution in [1.82, 2.24) is 0 Å². The standard InChI is InChI=1S/C54H65N3O2S/c1-51(2,3)45-31-37(32-46(49(45)58)52(4,5)6)35-56(40-19-15-13-16-20-40)42-27-23-38(24-28-42)55-39-25-29-43(30-26-39)57(41-21-17-14-18-22-41)36-60-44-33-47(53(7,8)9)50(59)48(34-44)54(10,11)12/h13-34,55,58-59H,35-36H2,1-12H3. The Morgan fingerprint density at radius 3 is 1.15 bits per heavy atom. The van der Waals surface area contributed by atoms with E-state index in [-0.39, 0.29) is 21.7 Å². The van der Waals surface area contributed by atoms with Crippen LogP contribution in [0, 0.1) is 0 Å². The van der Waals surface area contributed by atoms with Crippen molar-refractivity contribution in [3.05, 3.63) is 161 Å². The number of thioether (sulfide) groups is 1. The molecule has 6 rings (SSSR count). The summed E-state index contributed by atoms with van der Waals surface area (Å²) >= 11 is 1.78. The molecule has 5 nitrogen and oxygen atoms in total. The average molecular weight is 820 g/mol. The third kappa shape index (κ3) is 10.5. The molecule has 6 heteroatoms. The van der Waals surface area contributed by atoms with E-state index in [0.717, 1.165) is 66.8 Å². The second-order valence-electron chi connectivity index (χ2n) is 20.1. The summed E-state index contributed by atoms with van der Waals surface area (Å²) in [6.45, 7) is 26.6. The molecule has 3 N–H and O–H groups in total. The first-order chi connectivity index (χ1) is 28.1. The molecule has 0 atom stereocenters. The molecule has 0 aliphatic rings. The van der Waals surface area contributed by atoms with Gasteiger partial charge in [0.25, 0.3) is 0 Å². The minimum Gasteiger partial charge on any atom is -0.507 e. The highest BCUT2D eigenvalue weighted by molar-refractivity contribution is 7.99. The average Bonchev–Trinajstić information content (AvgIpc) is 3.18. The van der Waals surface area contributed by atoms with E-state index in [2.05, 4.69) is 232 Å². The van der Waals surface area contributed by atoms with E-state index < -0.39 is 0 Å². The number of rotatable bonds is 11. The molecule has 0 aromatic heterocycles. The quantitative estimate of drug-likeness (QED) is 0.0894. The summed E-state index contributed by atoms with van der Waals surface area (Å²) in [6.07, 6.45) is 0. The van der Waals surface area contributed by atoms with Crippen LogP contribution < -0.4 is 15.1 Å². The van der Waals surface area contributed by atoms with Gasteiger partial charge in [-0.05, 0) is 135 Å². The summed E-state index contributed by atoms with van der Waals surface area (Å²) in [5.74, 6) is 1.51. The van der Waals surface area contributed by atoms with Gasteiger partial charge in [-0.15, -0.1) is 11.8 Å². The predicted molar refractivity (Wildman–Crippen MR) is 259 cm³/mol. The van der Waals surface area contributed by atoms with Gasteiger partial charge in [0.2, 0.25) is 0 Å². The Morgan fingerprint density at radius 2 is 0.767 bits per heavy atom. The molecular formula is C54H65N3O2S. The number of benzene rings is 6. The van der Waals surface area contributed by atoms with Crippen molar-refractivity contribution in [3.63, 3.8) is 0 Å². The number of para-hydroxylation sites is 2. The van der Waals surface area contributed by atoms with Gasteiger partial charge in [-0.2, -0.15) is 0 Å². The lowest BCUT2D eigenvalue weighted by Gasteiger charge is -2.30. The van der Waals surface area contributed by atoms with Crippen LogP contribution in [-0.4, -0.2) is 16.1 Å². The van der Waals surface area contributed by atoms with E-state index in [1.54, 1.807) is 11.8 Å². The first-order valence-corrected chi connectivity index (χ1v) is 22.1. The van der Waals surface area contributed by atoms with Gasteiger partial charge >= 0.3 is 0 Å². The van der Waals surface area contributed by atoms with E-state index in [4.69, 9.17) is 0 Å². The van der Waals surface area contributed by atoms with Crippen molar-refractivity contribution in [1.29, 1.82) is 0 Å². The molecule has 0 heterocycles. The van der Waals surface area contributed by atoms with Crippen LogP contribution in [0.4, 0.5) is 34.1 Å². The first kappa shape index (κ1) is 44.2. The lowest BCUT2D eigenvalue weighted by atomic mass is 9.78. The normalized spacial score (nSPS) is 12.3. The molecule has 0 spiro atoms. The summed E-state index contributed by atoms with van der Waals surface area (Å²) in [5.41, 5.74) is 10.7.